The van der Waals surface area contributed by atoms with E-state index in [4.69, 9.17) is 0 Å². The third-order valence-electron chi connectivity index (χ3n) is 12.4. The summed E-state index contributed by atoms with van der Waals surface area (Å²) in [7, 11) is 0. The number of anilines is 3. The third kappa shape index (κ3) is 4.89. The Balaban J connectivity index is 1.12. The third-order valence-corrected chi connectivity index (χ3v) is 13.6. The van der Waals surface area contributed by atoms with Crippen molar-refractivity contribution in [1.29, 1.82) is 0 Å². The summed E-state index contributed by atoms with van der Waals surface area (Å²) < 4.78 is 7.57. The molecule has 3 heterocycles. The van der Waals surface area contributed by atoms with Crippen LogP contribution in [0.15, 0.2) is 212 Å². The second kappa shape index (κ2) is 12.9. The average Bonchev–Trinajstić information content (AvgIpc) is 3.97. The van der Waals surface area contributed by atoms with Gasteiger partial charge in [0.05, 0.1) is 26.8 Å². The van der Waals surface area contributed by atoms with Crippen LogP contribution in [0, 0.1) is 0 Å². The lowest BCUT2D eigenvalue weighted by molar-refractivity contribution is 1.17. The zero-order valence-corrected chi connectivity index (χ0v) is 33.3. The van der Waals surface area contributed by atoms with Gasteiger partial charge in [0.15, 0.2) is 0 Å². The molecule has 13 aromatic rings. The highest BCUT2D eigenvalue weighted by Gasteiger charge is 2.25. The molecule has 0 bridgehead atoms. The van der Waals surface area contributed by atoms with Gasteiger partial charge in [0.25, 0.3) is 0 Å². The van der Waals surface area contributed by atoms with Crippen molar-refractivity contribution in [3.8, 4) is 22.5 Å². The zero-order chi connectivity index (χ0) is 39.3. The van der Waals surface area contributed by atoms with Crippen LogP contribution in [0.25, 0.3) is 97.1 Å². The molecule has 280 valence electrons. The van der Waals surface area contributed by atoms with E-state index in [1.165, 1.54) is 85.7 Å². The molecule has 0 N–H and O–H groups in total. The number of fused-ring (bicyclic) bond motifs is 7. The molecule has 3 aromatic heterocycles. The Kier molecular flexibility index (Phi) is 7.18. The van der Waals surface area contributed by atoms with Gasteiger partial charge in [0, 0.05) is 65.5 Å². The van der Waals surface area contributed by atoms with E-state index in [0.717, 1.165) is 28.4 Å². The summed E-state index contributed by atoms with van der Waals surface area (Å²) >= 11 is 1.90. The van der Waals surface area contributed by atoms with Gasteiger partial charge in [-0.25, -0.2) is 0 Å². The first-order valence-corrected chi connectivity index (χ1v) is 21.3. The molecule has 0 atom stereocenters. The van der Waals surface area contributed by atoms with E-state index >= 15 is 0 Å². The molecule has 0 unspecified atom stereocenters. The molecule has 3 nitrogen and oxygen atoms in total. The van der Waals surface area contributed by atoms with Crippen LogP contribution in [-0.2, 0) is 0 Å². The van der Waals surface area contributed by atoms with Crippen LogP contribution >= 0.6 is 11.3 Å². The summed E-state index contributed by atoms with van der Waals surface area (Å²) in [5.41, 5.74) is 12.8. The van der Waals surface area contributed by atoms with E-state index < -0.39 is 0 Å². The summed E-state index contributed by atoms with van der Waals surface area (Å²) in [6, 6.07) is 77.9. The lowest BCUT2D eigenvalue weighted by atomic mass is 9.99. The molecule has 13 rings (SSSR count). The quantitative estimate of drug-likeness (QED) is 0.153. The monoisotopic (exact) mass is 781 g/mol. The second-order valence-corrected chi connectivity index (χ2v) is 16.8. The number of thiophene rings is 1. The van der Waals surface area contributed by atoms with Crippen LogP contribution in [0.4, 0.5) is 17.1 Å². The molecular formula is C56H35N3S. The molecule has 4 heteroatoms. The molecule has 0 amide bonds. The Labute approximate surface area is 350 Å². The summed E-state index contributed by atoms with van der Waals surface area (Å²) in [5.74, 6) is 0. The standard InChI is InChI=1S/C56H35N3S/c1-4-14-36(15-5-1)37-26-28-42(29-27-37)57(43-30-31-46-45-20-10-12-22-49(45)58(50(46)34-43)40-16-6-2-7-17-40)44-32-38-24-25-39-33-48-47-21-11-13-23-52(47)60-56(48)55-54(39)53(38)51(35-44)59(55)41-18-8-3-9-19-41/h1-35H. The lowest BCUT2D eigenvalue weighted by Gasteiger charge is -2.27. The predicted octanol–water partition coefficient (Wildman–Crippen LogP) is 16.0. The van der Waals surface area contributed by atoms with Crippen molar-refractivity contribution in [3.05, 3.63) is 212 Å². The van der Waals surface area contributed by atoms with E-state index in [0.29, 0.717) is 0 Å². The molecule has 60 heavy (non-hydrogen) atoms. The minimum absolute atomic E-state index is 1.09. The highest BCUT2D eigenvalue weighted by atomic mass is 32.1. The smallest absolute Gasteiger partial charge is 0.0726 e. The summed E-state index contributed by atoms with van der Waals surface area (Å²) in [4.78, 5) is 2.45. The predicted molar refractivity (Wildman–Crippen MR) is 257 cm³/mol. The second-order valence-electron chi connectivity index (χ2n) is 15.7. The molecule has 10 aromatic carbocycles. The van der Waals surface area contributed by atoms with E-state index in [2.05, 4.69) is 226 Å². The van der Waals surface area contributed by atoms with Crippen LogP contribution < -0.4 is 4.90 Å². The van der Waals surface area contributed by atoms with Crippen molar-refractivity contribution in [3.63, 3.8) is 0 Å². The molecule has 0 fully saturated rings. The molecule has 0 aliphatic rings. The molecule has 0 saturated carbocycles. The van der Waals surface area contributed by atoms with Crippen molar-refractivity contribution < 1.29 is 0 Å². The van der Waals surface area contributed by atoms with Crippen molar-refractivity contribution in [2.45, 2.75) is 0 Å². The number of nitrogens with zero attached hydrogens (tertiary/aromatic N) is 3. The Morgan fingerprint density at radius 2 is 0.933 bits per heavy atom. The fourth-order valence-corrected chi connectivity index (χ4v) is 11.0. The fourth-order valence-electron chi connectivity index (χ4n) is 9.79. The molecule has 0 spiro atoms. The van der Waals surface area contributed by atoms with Crippen LogP contribution in [0.1, 0.15) is 0 Å². The maximum atomic E-state index is 2.53. The summed E-state index contributed by atoms with van der Waals surface area (Å²) in [6.07, 6.45) is 0. The number of hydrogen-bond donors (Lipinski definition) is 0. The SMILES string of the molecule is c1ccc(-c2ccc(N(c3ccc4c5ccccc5n(-c5ccccc5)c4c3)c3cc4ccc5cc6c7ccccc7sc6c6c5c4c(c3)n6-c3ccccc3)cc2)cc1. The van der Waals surface area contributed by atoms with Crippen LogP contribution in [0.3, 0.4) is 0 Å². The molecular weight excluding hydrogens is 747 g/mol. The zero-order valence-electron chi connectivity index (χ0n) is 32.5. The summed E-state index contributed by atoms with van der Waals surface area (Å²) in [5, 5.41) is 10.2. The molecule has 0 saturated heterocycles. The maximum Gasteiger partial charge on any atom is 0.0726 e. The molecule has 0 aliphatic heterocycles. The Morgan fingerprint density at radius 3 is 1.70 bits per heavy atom. The van der Waals surface area contributed by atoms with Gasteiger partial charge in [0.2, 0.25) is 0 Å². The van der Waals surface area contributed by atoms with Crippen molar-refractivity contribution in [2.24, 2.45) is 0 Å². The average molecular weight is 782 g/mol. The Hall–Kier alpha value is -7.66. The first-order valence-electron chi connectivity index (χ1n) is 20.5. The Bertz CT molecular complexity index is 3750. The number of hydrogen-bond acceptors (Lipinski definition) is 2. The molecule has 0 radical (unpaired) electrons. The van der Waals surface area contributed by atoms with Crippen LogP contribution in [-0.4, -0.2) is 9.13 Å². The van der Waals surface area contributed by atoms with Gasteiger partial charge in [-0.05, 0) is 101 Å². The van der Waals surface area contributed by atoms with Gasteiger partial charge in [-0.2, -0.15) is 0 Å². The minimum Gasteiger partial charge on any atom is -0.310 e. The van der Waals surface area contributed by atoms with Gasteiger partial charge in [0.1, 0.15) is 0 Å². The van der Waals surface area contributed by atoms with Gasteiger partial charge >= 0.3 is 0 Å². The normalized spacial score (nSPS) is 12.0. The van der Waals surface area contributed by atoms with Gasteiger partial charge in [-0.15, -0.1) is 11.3 Å². The topological polar surface area (TPSA) is 13.1 Å². The number of benzene rings is 10. The van der Waals surface area contributed by atoms with Crippen molar-refractivity contribution in [1.82, 2.24) is 9.13 Å². The largest absolute Gasteiger partial charge is 0.310 e. The summed E-state index contributed by atoms with van der Waals surface area (Å²) in [6.45, 7) is 0. The van der Waals surface area contributed by atoms with Crippen LogP contribution in [0.2, 0.25) is 0 Å². The van der Waals surface area contributed by atoms with E-state index in [-0.39, 0.29) is 0 Å². The lowest BCUT2D eigenvalue weighted by Crippen LogP contribution is -2.10. The number of aromatic nitrogens is 2. The Morgan fingerprint density at radius 1 is 0.350 bits per heavy atom. The minimum atomic E-state index is 1.09. The van der Waals surface area contributed by atoms with E-state index in [1.807, 2.05) is 11.3 Å². The number of rotatable bonds is 6. The van der Waals surface area contributed by atoms with Crippen molar-refractivity contribution in [2.75, 3.05) is 4.90 Å². The first kappa shape index (κ1) is 33.3. The highest BCUT2D eigenvalue weighted by Crippen LogP contribution is 2.49. The van der Waals surface area contributed by atoms with Crippen molar-refractivity contribution >= 4 is 103 Å². The first-order chi connectivity index (χ1) is 29.8. The van der Waals surface area contributed by atoms with E-state index in [9.17, 15) is 0 Å². The van der Waals surface area contributed by atoms with Gasteiger partial charge in [-0.3, -0.25) is 0 Å². The van der Waals surface area contributed by atoms with Gasteiger partial charge in [-0.1, -0.05) is 133 Å². The highest BCUT2D eigenvalue weighted by molar-refractivity contribution is 7.26. The maximum absolute atomic E-state index is 2.53. The van der Waals surface area contributed by atoms with Crippen LogP contribution in [0.5, 0.6) is 0 Å². The number of para-hydroxylation sites is 3. The van der Waals surface area contributed by atoms with E-state index in [1.54, 1.807) is 0 Å². The fraction of sp³-hybridized carbons (Fsp3) is 0. The van der Waals surface area contributed by atoms with Gasteiger partial charge < -0.3 is 14.0 Å². The molecule has 0 aliphatic carbocycles.